The zero-order valence-electron chi connectivity index (χ0n) is 14.6. The van der Waals surface area contributed by atoms with E-state index >= 15 is 0 Å². The van der Waals surface area contributed by atoms with Crippen LogP contribution in [0.15, 0.2) is 35.5 Å². The molecule has 0 atom stereocenters. The quantitative estimate of drug-likeness (QED) is 0.514. The van der Waals surface area contributed by atoms with E-state index in [9.17, 15) is 5.26 Å². The first kappa shape index (κ1) is 18.1. The Morgan fingerprint density at radius 3 is 2.38 bits per heavy atom. The fourth-order valence-corrected chi connectivity index (χ4v) is 3.14. The van der Waals surface area contributed by atoms with Crippen molar-refractivity contribution in [1.82, 2.24) is 4.90 Å². The summed E-state index contributed by atoms with van der Waals surface area (Å²) in [5, 5.41) is 9.25. The van der Waals surface area contributed by atoms with E-state index < -0.39 is 0 Å². The van der Waals surface area contributed by atoms with Crippen molar-refractivity contribution >= 4 is 28.6 Å². The molecular weight excluding hydrogens is 318 g/mol. The van der Waals surface area contributed by atoms with Crippen LogP contribution in [0, 0.1) is 11.3 Å². The Kier molecular flexibility index (Phi) is 6.04. The molecule has 0 radical (unpaired) electrons. The lowest BCUT2D eigenvalue weighted by atomic mass is 10.2. The molecule has 0 spiro atoms. The number of hydrogen-bond acceptors (Lipinski definition) is 5. The molecule has 1 fully saturated rings. The molecule has 1 aromatic carbocycles. The number of nitrogens with zero attached hydrogens (tertiary/aromatic N) is 4. The summed E-state index contributed by atoms with van der Waals surface area (Å²) >= 11 is 4.98. The van der Waals surface area contributed by atoms with Gasteiger partial charge in [-0.3, -0.25) is 0 Å². The number of nitrogens with two attached hydrogens (primary N) is 1. The van der Waals surface area contributed by atoms with Crippen LogP contribution >= 0.6 is 12.2 Å². The lowest BCUT2D eigenvalue weighted by molar-refractivity contribution is 0.369. The Labute approximate surface area is 149 Å². The number of thiocarbonyl (C=S) groups is 1. The maximum Gasteiger partial charge on any atom is 0.116 e. The maximum atomic E-state index is 9.25. The molecule has 0 bridgehead atoms. The second-order valence-corrected chi connectivity index (χ2v) is 6.61. The van der Waals surface area contributed by atoms with Crippen LogP contribution in [0.2, 0.25) is 0 Å². The molecule has 6 heteroatoms. The Balaban J connectivity index is 2.10. The molecule has 1 aromatic rings. The summed E-state index contributed by atoms with van der Waals surface area (Å²) in [6.45, 7) is 5.61. The van der Waals surface area contributed by atoms with Crippen LogP contribution in [0.25, 0.3) is 0 Å². The minimum absolute atomic E-state index is 0.176. The molecular formula is C18H25N5S. The molecule has 1 saturated heterocycles. The van der Waals surface area contributed by atoms with Crippen LogP contribution in [0.1, 0.15) is 13.3 Å². The molecule has 0 unspecified atom stereocenters. The van der Waals surface area contributed by atoms with Gasteiger partial charge in [0, 0.05) is 57.3 Å². The van der Waals surface area contributed by atoms with Crippen molar-refractivity contribution in [3.8, 4) is 6.07 Å². The minimum atomic E-state index is 0.176. The first-order chi connectivity index (χ1) is 11.4. The van der Waals surface area contributed by atoms with Gasteiger partial charge in [-0.05, 0) is 37.6 Å². The molecule has 0 amide bonds. The van der Waals surface area contributed by atoms with Gasteiger partial charge in [0.1, 0.15) is 16.6 Å². The van der Waals surface area contributed by atoms with Gasteiger partial charge in [0.2, 0.25) is 0 Å². The van der Waals surface area contributed by atoms with Crippen molar-refractivity contribution in [3.63, 3.8) is 0 Å². The van der Waals surface area contributed by atoms with Crippen molar-refractivity contribution in [3.05, 3.63) is 35.5 Å². The molecule has 1 heterocycles. The smallest absolute Gasteiger partial charge is 0.116 e. The first-order valence-electron chi connectivity index (χ1n) is 8.12. The van der Waals surface area contributed by atoms with Gasteiger partial charge in [-0.15, -0.1) is 0 Å². The molecule has 1 aliphatic heterocycles. The fraction of sp³-hybridized carbons (Fsp3) is 0.444. The third-order valence-corrected chi connectivity index (χ3v) is 4.63. The molecule has 0 aromatic heterocycles. The number of hydrogen-bond donors (Lipinski definition) is 1. The number of rotatable bonds is 4. The van der Waals surface area contributed by atoms with Gasteiger partial charge in [0.05, 0.1) is 0 Å². The minimum Gasteiger partial charge on any atom is -0.389 e. The van der Waals surface area contributed by atoms with E-state index in [0.717, 1.165) is 38.3 Å². The highest BCUT2D eigenvalue weighted by Gasteiger charge is 2.18. The highest BCUT2D eigenvalue weighted by molar-refractivity contribution is 7.80. The number of nitriles is 1. The first-order valence-corrected chi connectivity index (χ1v) is 8.53. The zero-order valence-corrected chi connectivity index (χ0v) is 15.4. The molecule has 24 heavy (non-hydrogen) atoms. The van der Waals surface area contributed by atoms with Crippen molar-refractivity contribution in [2.24, 2.45) is 5.73 Å². The highest BCUT2D eigenvalue weighted by Crippen LogP contribution is 2.22. The number of allylic oxidation sites excluding steroid dienone is 1. The summed E-state index contributed by atoms with van der Waals surface area (Å²) in [6, 6.07) is 10.8. The van der Waals surface area contributed by atoms with Gasteiger partial charge in [-0.1, -0.05) is 12.2 Å². The highest BCUT2D eigenvalue weighted by atomic mass is 32.1. The molecule has 2 N–H and O–H groups in total. The molecule has 0 aliphatic carbocycles. The van der Waals surface area contributed by atoms with Crippen molar-refractivity contribution in [2.45, 2.75) is 13.3 Å². The number of anilines is 2. The van der Waals surface area contributed by atoms with Gasteiger partial charge in [0.15, 0.2) is 0 Å². The van der Waals surface area contributed by atoms with E-state index in [0.29, 0.717) is 5.57 Å². The van der Waals surface area contributed by atoms with Crippen LogP contribution < -0.4 is 15.5 Å². The Hall–Kier alpha value is -2.26. The van der Waals surface area contributed by atoms with Crippen LogP contribution in [0.4, 0.5) is 11.4 Å². The zero-order chi connectivity index (χ0) is 17.7. The summed E-state index contributed by atoms with van der Waals surface area (Å²) < 4.78 is 0. The Morgan fingerprint density at radius 1 is 1.17 bits per heavy atom. The molecule has 5 nitrogen and oxygen atoms in total. The predicted octanol–water partition coefficient (Wildman–Crippen LogP) is 2.35. The van der Waals surface area contributed by atoms with Crippen LogP contribution in [-0.4, -0.2) is 50.2 Å². The van der Waals surface area contributed by atoms with Gasteiger partial charge < -0.3 is 20.4 Å². The topological polar surface area (TPSA) is 59.5 Å². The standard InChI is InChI=1S/C18H25N5S/c1-14(17(13-19)18(20)24)22-9-4-10-23(12-11-22)16-7-5-15(6-8-16)21(2)3/h5-8H,4,9-12H2,1-3H3,(H2,20,24). The van der Waals surface area contributed by atoms with Crippen LogP contribution in [-0.2, 0) is 0 Å². The second-order valence-electron chi connectivity index (χ2n) is 6.17. The fourth-order valence-electron chi connectivity index (χ4n) is 2.95. The lowest BCUT2D eigenvalue weighted by Gasteiger charge is -2.26. The summed E-state index contributed by atoms with van der Waals surface area (Å²) in [4.78, 5) is 6.88. The normalized spacial score (nSPS) is 16.1. The predicted molar refractivity (Wildman–Crippen MR) is 104 cm³/mol. The lowest BCUT2D eigenvalue weighted by Crippen LogP contribution is -2.31. The average Bonchev–Trinajstić information content (AvgIpc) is 2.81. The van der Waals surface area contributed by atoms with E-state index in [2.05, 4.69) is 45.0 Å². The molecule has 0 saturated carbocycles. The summed E-state index contributed by atoms with van der Waals surface area (Å²) in [5.74, 6) is 0. The third kappa shape index (κ3) is 4.18. The summed E-state index contributed by atoms with van der Waals surface area (Å²) in [6.07, 6.45) is 1.03. The second kappa shape index (κ2) is 8.02. The van der Waals surface area contributed by atoms with Crippen molar-refractivity contribution < 1.29 is 0 Å². The van der Waals surface area contributed by atoms with E-state index in [1.54, 1.807) is 0 Å². The van der Waals surface area contributed by atoms with Crippen LogP contribution in [0.5, 0.6) is 0 Å². The van der Waals surface area contributed by atoms with Crippen LogP contribution in [0.3, 0.4) is 0 Å². The largest absolute Gasteiger partial charge is 0.389 e. The molecule has 128 valence electrons. The Morgan fingerprint density at radius 2 is 1.83 bits per heavy atom. The van der Waals surface area contributed by atoms with Gasteiger partial charge in [-0.2, -0.15) is 5.26 Å². The molecule has 1 aliphatic rings. The maximum absolute atomic E-state index is 9.25. The SMILES string of the molecule is CC(=C(C#N)C(N)=S)N1CCCN(c2ccc(N(C)C)cc2)CC1. The number of benzene rings is 1. The third-order valence-electron chi connectivity index (χ3n) is 4.42. The van der Waals surface area contributed by atoms with Gasteiger partial charge in [0.25, 0.3) is 0 Å². The van der Waals surface area contributed by atoms with Crippen molar-refractivity contribution in [1.29, 1.82) is 5.26 Å². The monoisotopic (exact) mass is 343 g/mol. The van der Waals surface area contributed by atoms with E-state index in [1.807, 2.05) is 21.0 Å². The van der Waals surface area contributed by atoms with E-state index in [1.165, 1.54) is 11.4 Å². The Bertz CT molecular complexity index is 657. The molecule has 2 rings (SSSR count). The average molecular weight is 344 g/mol. The van der Waals surface area contributed by atoms with E-state index in [4.69, 9.17) is 18.0 Å². The van der Waals surface area contributed by atoms with Gasteiger partial charge in [-0.25, -0.2) is 0 Å². The van der Waals surface area contributed by atoms with Crippen molar-refractivity contribution in [2.75, 3.05) is 50.1 Å². The summed E-state index contributed by atoms with van der Waals surface area (Å²) in [7, 11) is 4.09. The van der Waals surface area contributed by atoms with Gasteiger partial charge >= 0.3 is 0 Å². The van der Waals surface area contributed by atoms with E-state index in [-0.39, 0.29) is 4.99 Å². The summed E-state index contributed by atoms with van der Waals surface area (Å²) in [5.41, 5.74) is 9.40.